The summed E-state index contributed by atoms with van der Waals surface area (Å²) in [7, 11) is 0. The van der Waals surface area contributed by atoms with Crippen molar-refractivity contribution in [3.8, 4) is 0 Å². The Hall–Kier alpha value is -3.41. The van der Waals surface area contributed by atoms with Gasteiger partial charge in [-0.15, -0.1) is 0 Å². The van der Waals surface area contributed by atoms with Crippen LogP contribution in [-0.2, 0) is 16.1 Å². The Kier molecular flexibility index (Phi) is 4.93. The Morgan fingerprint density at radius 3 is 2.43 bits per heavy atom. The van der Waals surface area contributed by atoms with Crippen LogP contribution in [0.25, 0.3) is 0 Å². The Balaban J connectivity index is 1.56. The average Bonchev–Trinajstić information content (AvgIpc) is 3.32. The van der Waals surface area contributed by atoms with Crippen molar-refractivity contribution in [2.45, 2.75) is 32.9 Å². The number of rotatable bonds is 5. The predicted molar refractivity (Wildman–Crippen MR) is 106 cm³/mol. The number of aromatic nitrogens is 1. The molecule has 0 N–H and O–H groups in total. The quantitative estimate of drug-likeness (QED) is 0.621. The van der Waals surface area contributed by atoms with Crippen LogP contribution < -0.4 is 5.01 Å². The first kappa shape index (κ1) is 18.0. The third-order valence-corrected chi connectivity index (χ3v) is 4.88. The van der Waals surface area contributed by atoms with E-state index < -0.39 is 5.97 Å². The van der Waals surface area contributed by atoms with Crippen LogP contribution in [0.3, 0.4) is 0 Å². The predicted octanol–water partition coefficient (Wildman–Crippen LogP) is 4.34. The third kappa shape index (κ3) is 3.53. The van der Waals surface area contributed by atoms with Crippen LogP contribution in [-0.4, -0.2) is 16.8 Å². The summed E-state index contributed by atoms with van der Waals surface area (Å²) < 4.78 is 10.6. The molecule has 6 heteroatoms. The van der Waals surface area contributed by atoms with Crippen molar-refractivity contribution in [2.24, 2.45) is 5.10 Å². The molecule has 4 rings (SSSR count). The van der Waals surface area contributed by atoms with Crippen LogP contribution in [0.1, 0.15) is 35.0 Å². The lowest BCUT2D eigenvalue weighted by molar-refractivity contribution is -0.136. The highest BCUT2D eigenvalue weighted by Crippen LogP contribution is 2.35. The van der Waals surface area contributed by atoms with Gasteiger partial charge in [-0.1, -0.05) is 53.7 Å². The van der Waals surface area contributed by atoms with E-state index in [0.29, 0.717) is 17.9 Å². The fourth-order valence-corrected chi connectivity index (χ4v) is 3.32. The van der Waals surface area contributed by atoms with Gasteiger partial charge in [0.2, 0.25) is 0 Å². The molecule has 1 unspecified atom stereocenters. The van der Waals surface area contributed by atoms with Gasteiger partial charge in [-0.3, -0.25) is 5.01 Å². The molecule has 1 aromatic heterocycles. The van der Waals surface area contributed by atoms with Crippen molar-refractivity contribution in [1.29, 1.82) is 0 Å². The number of ether oxygens (including phenoxy) is 1. The highest BCUT2D eigenvalue weighted by molar-refractivity contribution is 6.37. The van der Waals surface area contributed by atoms with E-state index in [4.69, 9.17) is 9.26 Å². The Bertz CT molecular complexity index is 977. The normalized spacial score (nSPS) is 16.1. The summed E-state index contributed by atoms with van der Waals surface area (Å²) in [6.07, 6.45) is 0.485. The third-order valence-electron chi connectivity index (χ3n) is 4.88. The second kappa shape index (κ2) is 7.68. The molecule has 1 aliphatic rings. The standard InChI is InChI=1S/C22H21N3O3/c1-15-19(16(2)28-24-15)14-27-22(26)20-13-21(17-9-5-3-6-10-17)25(23-20)18-11-7-4-8-12-18/h3-12,21H,13-14H2,1-2H3. The second-order valence-corrected chi connectivity index (χ2v) is 6.74. The lowest BCUT2D eigenvalue weighted by Gasteiger charge is -2.23. The van der Waals surface area contributed by atoms with Crippen LogP contribution in [0.5, 0.6) is 0 Å². The van der Waals surface area contributed by atoms with E-state index in [-0.39, 0.29) is 12.6 Å². The molecule has 1 aliphatic heterocycles. The van der Waals surface area contributed by atoms with E-state index in [9.17, 15) is 4.79 Å². The minimum Gasteiger partial charge on any atom is -0.456 e. The maximum Gasteiger partial charge on any atom is 0.354 e. The van der Waals surface area contributed by atoms with Gasteiger partial charge < -0.3 is 9.26 Å². The maximum atomic E-state index is 12.7. The maximum absolute atomic E-state index is 12.7. The first-order valence-corrected chi connectivity index (χ1v) is 9.19. The fourth-order valence-electron chi connectivity index (χ4n) is 3.32. The number of benzene rings is 2. The molecule has 0 amide bonds. The molecule has 0 spiro atoms. The van der Waals surface area contributed by atoms with Crippen molar-refractivity contribution < 1.29 is 14.1 Å². The Morgan fingerprint density at radius 2 is 1.79 bits per heavy atom. The van der Waals surface area contributed by atoms with E-state index in [2.05, 4.69) is 10.3 Å². The van der Waals surface area contributed by atoms with Crippen LogP contribution in [0, 0.1) is 13.8 Å². The molecule has 2 heterocycles. The first-order chi connectivity index (χ1) is 13.6. The lowest BCUT2D eigenvalue weighted by Crippen LogP contribution is -2.18. The van der Waals surface area contributed by atoms with Gasteiger partial charge >= 0.3 is 5.97 Å². The van der Waals surface area contributed by atoms with Crippen molar-refractivity contribution in [3.05, 3.63) is 83.2 Å². The van der Waals surface area contributed by atoms with Gasteiger partial charge in [0.15, 0.2) is 0 Å². The monoisotopic (exact) mass is 375 g/mol. The smallest absolute Gasteiger partial charge is 0.354 e. The molecule has 28 heavy (non-hydrogen) atoms. The topological polar surface area (TPSA) is 67.9 Å². The molecule has 3 aromatic rings. The number of hydrogen-bond acceptors (Lipinski definition) is 6. The Labute approximate surface area is 163 Å². The summed E-state index contributed by atoms with van der Waals surface area (Å²) in [4.78, 5) is 12.7. The molecule has 0 saturated carbocycles. The van der Waals surface area contributed by atoms with Crippen molar-refractivity contribution in [1.82, 2.24) is 5.16 Å². The Morgan fingerprint density at radius 1 is 1.11 bits per heavy atom. The minimum absolute atomic E-state index is 0.0507. The second-order valence-electron chi connectivity index (χ2n) is 6.74. The number of hydrazone groups is 1. The van der Waals surface area contributed by atoms with Crippen molar-refractivity contribution in [3.63, 3.8) is 0 Å². The molecule has 2 aromatic carbocycles. The lowest BCUT2D eigenvalue weighted by atomic mass is 10.0. The van der Waals surface area contributed by atoms with Gasteiger partial charge in [0, 0.05) is 6.42 Å². The highest BCUT2D eigenvalue weighted by Gasteiger charge is 2.33. The van der Waals surface area contributed by atoms with Crippen LogP contribution in [0.4, 0.5) is 5.69 Å². The fraction of sp³-hybridized carbons (Fsp3) is 0.227. The van der Waals surface area contributed by atoms with Gasteiger partial charge in [0.1, 0.15) is 18.1 Å². The van der Waals surface area contributed by atoms with E-state index >= 15 is 0 Å². The number of para-hydroxylation sites is 1. The highest BCUT2D eigenvalue weighted by atomic mass is 16.5. The molecule has 0 saturated heterocycles. The van der Waals surface area contributed by atoms with E-state index in [1.165, 1.54) is 0 Å². The van der Waals surface area contributed by atoms with Gasteiger partial charge in [0.05, 0.1) is 23.0 Å². The zero-order valence-electron chi connectivity index (χ0n) is 15.8. The summed E-state index contributed by atoms with van der Waals surface area (Å²) in [5.41, 5.74) is 3.97. The molecule has 0 aliphatic carbocycles. The summed E-state index contributed by atoms with van der Waals surface area (Å²) in [5.74, 6) is 0.242. The largest absolute Gasteiger partial charge is 0.456 e. The molecule has 142 valence electrons. The van der Waals surface area contributed by atoms with Gasteiger partial charge in [0.25, 0.3) is 0 Å². The average molecular weight is 375 g/mol. The summed E-state index contributed by atoms with van der Waals surface area (Å²) in [5, 5.41) is 10.4. The van der Waals surface area contributed by atoms with Crippen molar-refractivity contribution in [2.75, 3.05) is 5.01 Å². The minimum atomic E-state index is -0.417. The number of esters is 1. The number of hydrogen-bond donors (Lipinski definition) is 0. The van der Waals surface area contributed by atoms with Gasteiger partial charge in [-0.05, 0) is 31.5 Å². The molecular weight excluding hydrogens is 354 g/mol. The number of nitrogens with zero attached hydrogens (tertiary/aromatic N) is 3. The summed E-state index contributed by atoms with van der Waals surface area (Å²) in [6.45, 7) is 3.76. The van der Waals surface area contributed by atoms with E-state index in [0.717, 1.165) is 22.5 Å². The SMILES string of the molecule is Cc1noc(C)c1COC(=O)C1=NN(c2ccccc2)C(c2ccccc2)C1. The molecule has 6 nitrogen and oxygen atoms in total. The molecule has 1 atom stereocenters. The molecule has 0 radical (unpaired) electrons. The summed E-state index contributed by atoms with van der Waals surface area (Å²) in [6, 6.07) is 19.9. The molecule has 0 fully saturated rings. The van der Waals surface area contributed by atoms with Gasteiger partial charge in [-0.2, -0.15) is 5.10 Å². The van der Waals surface area contributed by atoms with Gasteiger partial charge in [-0.25, -0.2) is 4.79 Å². The van der Waals surface area contributed by atoms with Crippen LogP contribution in [0.15, 0.2) is 70.3 Å². The number of aryl methyl sites for hydroxylation is 2. The number of carbonyl (C=O) groups is 1. The molecular formula is C22H21N3O3. The number of anilines is 1. The van der Waals surface area contributed by atoms with E-state index in [1.54, 1.807) is 6.92 Å². The zero-order chi connectivity index (χ0) is 19.5. The van der Waals surface area contributed by atoms with E-state index in [1.807, 2.05) is 72.6 Å². The first-order valence-electron chi connectivity index (χ1n) is 9.19. The number of carbonyl (C=O) groups excluding carboxylic acids is 1. The van der Waals surface area contributed by atoms with Crippen LogP contribution >= 0.6 is 0 Å². The zero-order valence-corrected chi connectivity index (χ0v) is 15.8. The van der Waals surface area contributed by atoms with Crippen LogP contribution in [0.2, 0.25) is 0 Å². The van der Waals surface area contributed by atoms with Crippen molar-refractivity contribution >= 4 is 17.4 Å². The summed E-state index contributed by atoms with van der Waals surface area (Å²) >= 11 is 0. The molecule has 0 bridgehead atoms.